The summed E-state index contributed by atoms with van der Waals surface area (Å²) in [5.41, 5.74) is 8.30. The quantitative estimate of drug-likeness (QED) is 0.824. The van der Waals surface area contributed by atoms with Gasteiger partial charge in [0, 0.05) is 18.2 Å². The lowest BCUT2D eigenvalue weighted by Crippen LogP contribution is -2.29. The maximum absolute atomic E-state index is 8.92. The van der Waals surface area contributed by atoms with Gasteiger partial charge in [0.05, 0.1) is 18.0 Å². The highest BCUT2D eigenvalue weighted by atomic mass is 15.1. The van der Waals surface area contributed by atoms with E-state index in [0.29, 0.717) is 11.7 Å². The third-order valence-electron chi connectivity index (χ3n) is 3.66. The number of nitrogens with zero attached hydrogens (tertiary/aromatic N) is 4. The smallest absolute Gasteiger partial charge is 0.142 e. The molecule has 3 rings (SSSR count). The first kappa shape index (κ1) is 11.2. The summed E-state index contributed by atoms with van der Waals surface area (Å²) in [5, 5.41) is 8.92. The Kier molecular flexibility index (Phi) is 2.73. The molecule has 0 amide bonds. The molecule has 0 aliphatic heterocycles. The molecular formula is C13H15N5. The Morgan fingerprint density at radius 3 is 3.06 bits per heavy atom. The second kappa shape index (κ2) is 4.39. The van der Waals surface area contributed by atoms with Gasteiger partial charge in [-0.2, -0.15) is 5.26 Å². The number of aromatic nitrogens is 3. The summed E-state index contributed by atoms with van der Waals surface area (Å²) in [7, 11) is 0. The summed E-state index contributed by atoms with van der Waals surface area (Å²) in [6, 6.07) is 4.55. The summed E-state index contributed by atoms with van der Waals surface area (Å²) in [4.78, 5) is 8.38. The van der Waals surface area contributed by atoms with Crippen molar-refractivity contribution in [3.63, 3.8) is 0 Å². The fourth-order valence-corrected chi connectivity index (χ4v) is 2.74. The Morgan fingerprint density at radius 2 is 2.28 bits per heavy atom. The van der Waals surface area contributed by atoms with Crippen LogP contribution < -0.4 is 5.73 Å². The average Bonchev–Trinajstić information content (AvgIpc) is 2.81. The number of pyridine rings is 1. The molecule has 1 saturated carbocycles. The van der Waals surface area contributed by atoms with E-state index >= 15 is 0 Å². The number of fused-ring (bicyclic) bond motifs is 1. The molecule has 0 bridgehead atoms. The molecule has 2 N–H and O–H groups in total. The zero-order valence-electron chi connectivity index (χ0n) is 10.1. The highest BCUT2D eigenvalue weighted by molar-refractivity contribution is 5.75. The molecule has 0 spiro atoms. The molecule has 2 aromatic rings. The molecule has 5 nitrogen and oxygen atoms in total. The molecular weight excluding hydrogens is 226 g/mol. The Bertz CT molecular complexity index is 609. The molecule has 2 heterocycles. The highest BCUT2D eigenvalue weighted by Crippen LogP contribution is 2.30. The third-order valence-corrected chi connectivity index (χ3v) is 3.66. The molecule has 92 valence electrons. The maximum atomic E-state index is 8.92. The standard InChI is InChI=1S/C13H15N5/c14-6-10-5-13-12(7-16-10)17-8-18(13)11-3-1-2-9(15)4-11/h5,7-9,11H,1-4,15H2/t9-,11+/m1/s1. The first-order valence-corrected chi connectivity index (χ1v) is 6.26. The van der Waals surface area contributed by atoms with Gasteiger partial charge in [-0.1, -0.05) is 0 Å². The number of imidazole rings is 1. The number of rotatable bonds is 1. The van der Waals surface area contributed by atoms with Crippen molar-refractivity contribution < 1.29 is 0 Å². The van der Waals surface area contributed by atoms with Crippen molar-refractivity contribution in [2.24, 2.45) is 5.73 Å². The van der Waals surface area contributed by atoms with Crippen molar-refractivity contribution in [2.75, 3.05) is 0 Å². The topological polar surface area (TPSA) is 80.5 Å². The summed E-state index contributed by atoms with van der Waals surface area (Å²) < 4.78 is 2.15. The van der Waals surface area contributed by atoms with E-state index in [-0.39, 0.29) is 6.04 Å². The van der Waals surface area contributed by atoms with Gasteiger partial charge >= 0.3 is 0 Å². The molecule has 1 fully saturated rings. The SMILES string of the molecule is N#Cc1cc2c(cn1)ncn2[C@H]1CCC[C@@H](N)C1. The van der Waals surface area contributed by atoms with E-state index in [1.54, 1.807) is 6.20 Å². The zero-order chi connectivity index (χ0) is 12.5. The summed E-state index contributed by atoms with van der Waals surface area (Å²) in [5.74, 6) is 0. The van der Waals surface area contributed by atoms with Gasteiger partial charge in [-0.3, -0.25) is 0 Å². The lowest BCUT2D eigenvalue weighted by atomic mass is 9.91. The van der Waals surface area contributed by atoms with Crippen LogP contribution >= 0.6 is 0 Å². The average molecular weight is 241 g/mol. The van der Waals surface area contributed by atoms with Crippen LogP contribution in [0.15, 0.2) is 18.6 Å². The largest absolute Gasteiger partial charge is 0.328 e. The first-order valence-electron chi connectivity index (χ1n) is 6.26. The minimum atomic E-state index is 0.276. The van der Waals surface area contributed by atoms with Crippen LogP contribution in [0, 0.1) is 11.3 Å². The van der Waals surface area contributed by atoms with Gasteiger partial charge in [-0.25, -0.2) is 9.97 Å². The molecule has 18 heavy (non-hydrogen) atoms. The molecule has 0 radical (unpaired) electrons. The van der Waals surface area contributed by atoms with E-state index in [0.717, 1.165) is 36.7 Å². The highest BCUT2D eigenvalue weighted by Gasteiger charge is 2.22. The van der Waals surface area contributed by atoms with Crippen molar-refractivity contribution in [3.05, 3.63) is 24.3 Å². The Labute approximate surface area is 105 Å². The van der Waals surface area contributed by atoms with Crippen LogP contribution in [0.2, 0.25) is 0 Å². The minimum absolute atomic E-state index is 0.276. The van der Waals surface area contributed by atoms with Crippen molar-refractivity contribution in [1.82, 2.24) is 14.5 Å². The van der Waals surface area contributed by atoms with E-state index in [9.17, 15) is 0 Å². The fraction of sp³-hybridized carbons (Fsp3) is 0.462. The van der Waals surface area contributed by atoms with Crippen molar-refractivity contribution >= 4 is 11.0 Å². The minimum Gasteiger partial charge on any atom is -0.328 e. The van der Waals surface area contributed by atoms with E-state index in [1.807, 2.05) is 12.4 Å². The number of hydrogen-bond acceptors (Lipinski definition) is 4. The Balaban J connectivity index is 2.03. The van der Waals surface area contributed by atoms with E-state index in [2.05, 4.69) is 20.6 Å². The van der Waals surface area contributed by atoms with Crippen LogP contribution in [0.4, 0.5) is 0 Å². The van der Waals surface area contributed by atoms with Gasteiger partial charge < -0.3 is 10.3 Å². The lowest BCUT2D eigenvalue weighted by Gasteiger charge is -2.28. The maximum Gasteiger partial charge on any atom is 0.142 e. The number of nitrogens with two attached hydrogens (primary N) is 1. The first-order chi connectivity index (χ1) is 8.78. The van der Waals surface area contributed by atoms with Crippen LogP contribution in [0.5, 0.6) is 0 Å². The Hall–Kier alpha value is -1.93. The Morgan fingerprint density at radius 1 is 1.39 bits per heavy atom. The molecule has 2 atom stereocenters. The second-order valence-electron chi connectivity index (χ2n) is 4.90. The number of nitriles is 1. The fourth-order valence-electron chi connectivity index (χ4n) is 2.74. The van der Waals surface area contributed by atoms with Gasteiger partial charge in [0.2, 0.25) is 0 Å². The predicted octanol–water partition coefficient (Wildman–Crippen LogP) is 1.75. The molecule has 5 heteroatoms. The van der Waals surface area contributed by atoms with Gasteiger partial charge in [0.25, 0.3) is 0 Å². The molecule has 0 saturated heterocycles. The molecule has 0 aromatic carbocycles. The van der Waals surface area contributed by atoms with Crippen LogP contribution in [0.3, 0.4) is 0 Å². The van der Waals surface area contributed by atoms with Crippen molar-refractivity contribution in [2.45, 2.75) is 37.8 Å². The second-order valence-corrected chi connectivity index (χ2v) is 4.90. The van der Waals surface area contributed by atoms with Crippen LogP contribution in [-0.4, -0.2) is 20.6 Å². The van der Waals surface area contributed by atoms with E-state index in [4.69, 9.17) is 11.0 Å². The summed E-state index contributed by atoms with van der Waals surface area (Å²) >= 11 is 0. The van der Waals surface area contributed by atoms with Gasteiger partial charge in [-0.15, -0.1) is 0 Å². The number of hydrogen-bond donors (Lipinski definition) is 1. The van der Waals surface area contributed by atoms with Crippen LogP contribution in [0.25, 0.3) is 11.0 Å². The molecule has 1 aliphatic rings. The van der Waals surface area contributed by atoms with Gasteiger partial charge in [-0.05, 0) is 25.7 Å². The van der Waals surface area contributed by atoms with Crippen LogP contribution in [-0.2, 0) is 0 Å². The normalized spacial score (nSPS) is 24.0. The van der Waals surface area contributed by atoms with Gasteiger partial charge in [0.15, 0.2) is 0 Å². The molecule has 0 unspecified atom stereocenters. The predicted molar refractivity (Wildman–Crippen MR) is 67.7 cm³/mol. The van der Waals surface area contributed by atoms with Gasteiger partial charge in [0.1, 0.15) is 17.3 Å². The van der Waals surface area contributed by atoms with Crippen molar-refractivity contribution in [1.29, 1.82) is 5.26 Å². The molecule has 2 aromatic heterocycles. The molecule has 1 aliphatic carbocycles. The summed E-state index contributed by atoms with van der Waals surface area (Å²) in [6.45, 7) is 0. The van der Waals surface area contributed by atoms with Crippen molar-refractivity contribution in [3.8, 4) is 6.07 Å². The monoisotopic (exact) mass is 241 g/mol. The van der Waals surface area contributed by atoms with E-state index in [1.165, 1.54) is 0 Å². The van der Waals surface area contributed by atoms with E-state index < -0.39 is 0 Å². The summed E-state index contributed by atoms with van der Waals surface area (Å²) in [6.07, 6.45) is 7.87. The zero-order valence-corrected chi connectivity index (χ0v) is 10.1. The third kappa shape index (κ3) is 1.85. The lowest BCUT2D eigenvalue weighted by molar-refractivity contribution is 0.325. The van der Waals surface area contributed by atoms with Crippen LogP contribution in [0.1, 0.15) is 37.4 Å².